The maximum absolute atomic E-state index is 11.9. The fourth-order valence-electron chi connectivity index (χ4n) is 3.41. The van der Waals surface area contributed by atoms with Crippen LogP contribution >= 0.6 is 0 Å². The summed E-state index contributed by atoms with van der Waals surface area (Å²) in [5.74, 6) is -0.230. The van der Waals surface area contributed by atoms with Crippen molar-refractivity contribution in [2.24, 2.45) is 5.92 Å². The summed E-state index contributed by atoms with van der Waals surface area (Å²) in [6.07, 6.45) is 10.9. The SMILES string of the molecule is C/C=C\OC/C=C/NC(=O)C(=O)CCCC1CCN(Cc2ccccc2)CC1. The van der Waals surface area contributed by atoms with Crippen molar-refractivity contribution >= 4 is 11.7 Å². The van der Waals surface area contributed by atoms with Gasteiger partial charge in [-0.25, -0.2) is 0 Å². The van der Waals surface area contributed by atoms with Crippen LogP contribution in [0.15, 0.2) is 54.9 Å². The Morgan fingerprint density at radius 3 is 2.68 bits per heavy atom. The van der Waals surface area contributed by atoms with Crippen molar-refractivity contribution in [3.63, 3.8) is 0 Å². The largest absolute Gasteiger partial charge is 0.497 e. The van der Waals surface area contributed by atoms with Gasteiger partial charge < -0.3 is 10.1 Å². The lowest BCUT2D eigenvalue weighted by Gasteiger charge is -2.32. The van der Waals surface area contributed by atoms with E-state index in [9.17, 15) is 9.59 Å². The van der Waals surface area contributed by atoms with E-state index in [1.807, 2.05) is 13.0 Å². The van der Waals surface area contributed by atoms with Crippen LogP contribution in [0.2, 0.25) is 0 Å². The van der Waals surface area contributed by atoms with Gasteiger partial charge in [0.15, 0.2) is 0 Å². The predicted molar refractivity (Wildman–Crippen MR) is 111 cm³/mol. The van der Waals surface area contributed by atoms with E-state index in [0.29, 0.717) is 18.9 Å². The first kappa shape index (κ1) is 21.9. The van der Waals surface area contributed by atoms with Crippen LogP contribution < -0.4 is 5.32 Å². The topological polar surface area (TPSA) is 58.6 Å². The number of rotatable bonds is 11. The monoisotopic (exact) mass is 384 g/mol. The molecule has 28 heavy (non-hydrogen) atoms. The number of nitrogens with zero attached hydrogens (tertiary/aromatic N) is 1. The maximum Gasteiger partial charge on any atom is 0.291 e. The van der Waals surface area contributed by atoms with Gasteiger partial charge in [0.2, 0.25) is 5.78 Å². The van der Waals surface area contributed by atoms with Crippen molar-refractivity contribution in [1.82, 2.24) is 10.2 Å². The van der Waals surface area contributed by atoms with Crippen molar-refractivity contribution in [2.45, 2.75) is 45.6 Å². The number of hydrogen-bond donors (Lipinski definition) is 1. The van der Waals surface area contributed by atoms with Crippen LogP contribution in [0.4, 0.5) is 0 Å². The third kappa shape index (κ3) is 8.53. The van der Waals surface area contributed by atoms with Crippen LogP contribution in [0, 0.1) is 5.92 Å². The smallest absolute Gasteiger partial charge is 0.291 e. The second-order valence-electron chi connectivity index (χ2n) is 7.20. The van der Waals surface area contributed by atoms with E-state index in [-0.39, 0.29) is 5.78 Å². The van der Waals surface area contributed by atoms with Gasteiger partial charge >= 0.3 is 0 Å². The van der Waals surface area contributed by atoms with Gasteiger partial charge in [-0.15, -0.1) is 0 Å². The molecule has 5 heteroatoms. The summed E-state index contributed by atoms with van der Waals surface area (Å²) in [6.45, 7) is 5.45. The van der Waals surface area contributed by atoms with E-state index in [0.717, 1.165) is 32.5 Å². The predicted octanol–water partition coefficient (Wildman–Crippen LogP) is 3.82. The molecule has 0 saturated carbocycles. The third-order valence-corrected chi connectivity index (χ3v) is 4.98. The van der Waals surface area contributed by atoms with Gasteiger partial charge in [0.05, 0.1) is 6.26 Å². The zero-order valence-electron chi connectivity index (χ0n) is 16.8. The first-order valence-corrected chi connectivity index (χ1v) is 10.2. The van der Waals surface area contributed by atoms with Gasteiger partial charge in [-0.2, -0.15) is 0 Å². The van der Waals surface area contributed by atoms with E-state index in [1.165, 1.54) is 24.6 Å². The summed E-state index contributed by atoms with van der Waals surface area (Å²) in [6, 6.07) is 10.6. The molecule has 0 radical (unpaired) electrons. The number of ketones is 1. The Balaban J connectivity index is 1.55. The molecule has 5 nitrogen and oxygen atoms in total. The molecule has 1 aliphatic rings. The van der Waals surface area contributed by atoms with Crippen molar-refractivity contribution in [3.05, 3.63) is 60.5 Å². The van der Waals surface area contributed by atoms with E-state index in [4.69, 9.17) is 4.74 Å². The molecule has 1 saturated heterocycles. The number of hydrogen-bond acceptors (Lipinski definition) is 4. The molecular weight excluding hydrogens is 352 g/mol. The number of carbonyl (C=O) groups is 2. The Bertz CT molecular complexity index is 647. The summed E-state index contributed by atoms with van der Waals surface area (Å²) in [7, 11) is 0. The molecule has 1 aromatic rings. The van der Waals surface area contributed by atoms with Crippen molar-refractivity contribution in [1.29, 1.82) is 0 Å². The average Bonchev–Trinajstić information content (AvgIpc) is 2.72. The number of Topliss-reactive ketones (excluding diaryl/α,β-unsaturated/α-hetero) is 1. The number of amides is 1. The fraction of sp³-hybridized carbons (Fsp3) is 0.478. The lowest BCUT2D eigenvalue weighted by atomic mass is 9.91. The van der Waals surface area contributed by atoms with E-state index >= 15 is 0 Å². The number of benzene rings is 1. The molecule has 1 heterocycles. The summed E-state index contributed by atoms with van der Waals surface area (Å²) in [5, 5.41) is 2.50. The Kier molecular flexibility index (Phi) is 10.1. The Morgan fingerprint density at radius 1 is 1.21 bits per heavy atom. The number of carbonyl (C=O) groups excluding carboxylic acids is 2. The first-order valence-electron chi connectivity index (χ1n) is 10.2. The lowest BCUT2D eigenvalue weighted by Crippen LogP contribution is -2.33. The Hall–Kier alpha value is -2.40. The second kappa shape index (κ2) is 12.9. The molecule has 0 aliphatic carbocycles. The summed E-state index contributed by atoms with van der Waals surface area (Å²) in [4.78, 5) is 26.2. The normalized spacial score (nSPS) is 15.9. The van der Waals surface area contributed by atoms with Crippen LogP contribution in [0.5, 0.6) is 0 Å². The zero-order chi connectivity index (χ0) is 20.0. The highest BCUT2D eigenvalue weighted by Crippen LogP contribution is 2.23. The minimum atomic E-state index is -0.542. The number of ether oxygens (including phenoxy) is 1. The van der Waals surface area contributed by atoms with Crippen molar-refractivity contribution in [2.75, 3.05) is 19.7 Å². The summed E-state index contributed by atoms with van der Waals surface area (Å²) in [5.41, 5.74) is 1.36. The van der Waals surface area contributed by atoms with E-state index in [1.54, 1.807) is 18.4 Å². The van der Waals surface area contributed by atoms with Crippen LogP contribution in [0.25, 0.3) is 0 Å². The van der Waals surface area contributed by atoms with Crippen LogP contribution in [-0.4, -0.2) is 36.3 Å². The minimum Gasteiger partial charge on any atom is -0.497 e. The van der Waals surface area contributed by atoms with Gasteiger partial charge in [0, 0.05) is 19.2 Å². The molecular formula is C23H32N2O3. The van der Waals surface area contributed by atoms with Crippen molar-refractivity contribution < 1.29 is 14.3 Å². The molecule has 0 spiro atoms. The van der Waals surface area contributed by atoms with Crippen LogP contribution in [0.3, 0.4) is 0 Å². The van der Waals surface area contributed by atoms with E-state index in [2.05, 4.69) is 34.5 Å². The highest BCUT2D eigenvalue weighted by Gasteiger charge is 2.20. The van der Waals surface area contributed by atoms with Crippen LogP contribution in [-0.2, 0) is 20.9 Å². The Morgan fingerprint density at radius 2 is 1.96 bits per heavy atom. The molecule has 0 aromatic heterocycles. The molecule has 0 unspecified atom stereocenters. The highest BCUT2D eigenvalue weighted by atomic mass is 16.5. The van der Waals surface area contributed by atoms with E-state index < -0.39 is 5.91 Å². The standard InChI is InChI=1S/C23H32N2O3/c1-2-17-28-18-7-14-24-23(27)22(26)11-6-10-20-12-15-25(16-13-20)19-21-8-4-3-5-9-21/h2-5,7-9,14,17,20H,6,10-13,15-16,18-19H2,1H3,(H,24,27)/b14-7+,17-2-. The molecule has 1 aliphatic heterocycles. The third-order valence-electron chi connectivity index (χ3n) is 4.98. The van der Waals surface area contributed by atoms with Crippen LogP contribution in [0.1, 0.15) is 44.6 Å². The summed E-state index contributed by atoms with van der Waals surface area (Å²) >= 11 is 0. The summed E-state index contributed by atoms with van der Waals surface area (Å²) < 4.78 is 5.09. The molecule has 1 fully saturated rings. The molecule has 0 atom stereocenters. The number of allylic oxidation sites excluding steroid dienone is 1. The van der Waals surface area contributed by atoms with Gasteiger partial charge in [0.1, 0.15) is 6.61 Å². The van der Waals surface area contributed by atoms with Gasteiger partial charge in [-0.1, -0.05) is 36.4 Å². The molecule has 1 amide bonds. The number of likely N-dealkylation sites (tertiary alicyclic amines) is 1. The molecule has 0 bridgehead atoms. The minimum absolute atomic E-state index is 0.318. The second-order valence-corrected chi connectivity index (χ2v) is 7.20. The highest BCUT2D eigenvalue weighted by molar-refractivity contribution is 6.36. The molecule has 2 rings (SSSR count). The van der Waals surface area contributed by atoms with Gasteiger partial charge in [-0.05, 0) is 63.3 Å². The molecule has 1 N–H and O–H groups in total. The van der Waals surface area contributed by atoms with Gasteiger partial charge in [-0.3, -0.25) is 14.5 Å². The quantitative estimate of drug-likeness (QED) is 0.358. The Labute approximate surface area is 168 Å². The lowest BCUT2D eigenvalue weighted by molar-refractivity contribution is -0.137. The fourth-order valence-corrected chi connectivity index (χ4v) is 3.41. The van der Waals surface area contributed by atoms with Gasteiger partial charge in [0.25, 0.3) is 5.91 Å². The number of piperidine rings is 1. The average molecular weight is 385 g/mol. The first-order chi connectivity index (χ1) is 13.7. The number of nitrogens with one attached hydrogen (secondary N) is 1. The van der Waals surface area contributed by atoms with Crippen molar-refractivity contribution in [3.8, 4) is 0 Å². The molecule has 152 valence electrons. The maximum atomic E-state index is 11.9. The zero-order valence-corrected chi connectivity index (χ0v) is 16.8. The molecule has 1 aromatic carbocycles.